The van der Waals surface area contributed by atoms with E-state index < -0.39 is 18.2 Å². The highest BCUT2D eigenvalue weighted by Crippen LogP contribution is 2.31. The molecule has 0 aliphatic carbocycles. The molecule has 0 unspecified atom stereocenters. The van der Waals surface area contributed by atoms with Gasteiger partial charge in [0.05, 0.1) is 18.2 Å². The van der Waals surface area contributed by atoms with E-state index in [9.17, 15) is 14.7 Å². The number of likely N-dealkylation sites (tertiary alicyclic amines) is 1. The molecule has 1 fully saturated rings. The zero-order valence-corrected chi connectivity index (χ0v) is 23.1. The molecule has 0 spiro atoms. The number of carbonyl (C=O) groups excluding carboxylic acids is 2. The van der Waals surface area contributed by atoms with Crippen LogP contribution in [0.2, 0.25) is 0 Å². The van der Waals surface area contributed by atoms with Gasteiger partial charge in [0.25, 0.3) is 0 Å². The van der Waals surface area contributed by atoms with Crippen LogP contribution in [0.4, 0.5) is 0 Å². The van der Waals surface area contributed by atoms with Crippen molar-refractivity contribution < 1.29 is 14.7 Å². The van der Waals surface area contributed by atoms with Crippen molar-refractivity contribution in [3.8, 4) is 10.4 Å². The van der Waals surface area contributed by atoms with E-state index in [2.05, 4.69) is 41.1 Å². The number of β-amino-alcohol motifs (C(OH)–C–C–N with tert-alkyl or cyclic N) is 1. The number of carbonyl (C=O) groups is 2. The predicted octanol–water partition coefficient (Wildman–Crippen LogP) is 4.67. The normalized spacial score (nSPS) is 20.5. The van der Waals surface area contributed by atoms with Crippen LogP contribution in [0.3, 0.4) is 0 Å². The molecule has 4 atom stereocenters. The van der Waals surface area contributed by atoms with Crippen molar-refractivity contribution in [2.24, 2.45) is 5.41 Å². The molecular formula is C28H41N3O3S. The Kier molecular flexibility index (Phi) is 8.14. The van der Waals surface area contributed by atoms with Gasteiger partial charge in [-0.3, -0.25) is 9.59 Å². The van der Waals surface area contributed by atoms with Crippen molar-refractivity contribution in [3.05, 3.63) is 46.8 Å². The first kappa shape index (κ1) is 27.4. The second kappa shape index (κ2) is 10.4. The van der Waals surface area contributed by atoms with E-state index in [1.807, 2.05) is 60.6 Å². The van der Waals surface area contributed by atoms with Crippen molar-refractivity contribution in [1.29, 1.82) is 0 Å². The van der Waals surface area contributed by atoms with E-state index >= 15 is 0 Å². The van der Waals surface area contributed by atoms with E-state index in [-0.39, 0.29) is 41.8 Å². The summed E-state index contributed by atoms with van der Waals surface area (Å²) >= 11 is 1.72. The molecule has 3 rings (SSSR count). The summed E-state index contributed by atoms with van der Waals surface area (Å²) in [5.74, 6) is -0.378. The zero-order chi connectivity index (χ0) is 26.1. The molecule has 0 bridgehead atoms. The minimum absolute atomic E-state index is 0.146. The Balaban J connectivity index is 1.73. The zero-order valence-electron chi connectivity index (χ0n) is 22.3. The van der Waals surface area contributed by atoms with Gasteiger partial charge in [-0.1, -0.05) is 45.0 Å². The van der Waals surface area contributed by atoms with Crippen LogP contribution in [0.5, 0.6) is 0 Å². The second-order valence-electron chi connectivity index (χ2n) is 11.9. The standard InChI is InChI=1S/C28H41N3O3S/c1-17-13-14-35-23(17)20-11-9-19(10-12-20)18(2)29-25(33)22-15-21(32)16-31(22)26(34)24(27(3,4)5)30-28(6,7)8/h9-14,18,21-22,24,30,32H,15-16H2,1-8H3,(H,29,33)/t18-,21+,22-,24+/m0/s1. The third-order valence-corrected chi connectivity index (χ3v) is 7.51. The molecule has 1 aromatic heterocycles. The number of aliphatic hydroxyl groups excluding tert-OH is 1. The largest absolute Gasteiger partial charge is 0.391 e. The topological polar surface area (TPSA) is 81.7 Å². The van der Waals surface area contributed by atoms with Crippen LogP contribution in [-0.2, 0) is 9.59 Å². The Morgan fingerprint density at radius 1 is 1.09 bits per heavy atom. The molecule has 2 heterocycles. The Morgan fingerprint density at radius 3 is 2.23 bits per heavy atom. The van der Waals surface area contributed by atoms with E-state index in [1.54, 1.807) is 16.2 Å². The molecule has 1 aromatic carbocycles. The van der Waals surface area contributed by atoms with Gasteiger partial charge in [-0.25, -0.2) is 0 Å². The molecule has 1 aliphatic heterocycles. The number of benzene rings is 1. The lowest BCUT2D eigenvalue weighted by molar-refractivity contribution is -0.143. The van der Waals surface area contributed by atoms with Gasteiger partial charge in [0.2, 0.25) is 11.8 Å². The Morgan fingerprint density at radius 2 is 1.71 bits per heavy atom. The van der Waals surface area contributed by atoms with Gasteiger partial charge in [0.15, 0.2) is 0 Å². The van der Waals surface area contributed by atoms with Crippen molar-refractivity contribution in [2.75, 3.05) is 6.54 Å². The third kappa shape index (κ3) is 6.72. The number of hydrogen-bond donors (Lipinski definition) is 3. The molecule has 2 aromatic rings. The molecule has 192 valence electrons. The first-order chi connectivity index (χ1) is 16.2. The highest BCUT2D eigenvalue weighted by atomic mass is 32.1. The molecule has 6 nitrogen and oxygen atoms in total. The number of thiophene rings is 1. The summed E-state index contributed by atoms with van der Waals surface area (Å²) in [7, 11) is 0. The Hall–Kier alpha value is -2.22. The highest BCUT2D eigenvalue weighted by Gasteiger charge is 2.44. The van der Waals surface area contributed by atoms with Gasteiger partial charge in [0, 0.05) is 23.4 Å². The van der Waals surface area contributed by atoms with Crippen molar-refractivity contribution in [3.63, 3.8) is 0 Å². The van der Waals surface area contributed by atoms with E-state index in [0.29, 0.717) is 0 Å². The minimum Gasteiger partial charge on any atom is -0.391 e. The minimum atomic E-state index is -0.714. The summed E-state index contributed by atoms with van der Waals surface area (Å²) in [5.41, 5.74) is 2.79. The second-order valence-corrected chi connectivity index (χ2v) is 12.8. The van der Waals surface area contributed by atoms with Crippen molar-refractivity contribution in [2.45, 2.75) is 91.6 Å². The lowest BCUT2D eigenvalue weighted by Gasteiger charge is -2.39. The average Bonchev–Trinajstić information content (AvgIpc) is 3.35. The molecule has 0 radical (unpaired) electrons. The fourth-order valence-electron chi connectivity index (χ4n) is 4.54. The van der Waals surface area contributed by atoms with E-state index in [0.717, 1.165) is 11.1 Å². The van der Waals surface area contributed by atoms with Gasteiger partial charge in [-0.2, -0.15) is 0 Å². The van der Waals surface area contributed by atoms with E-state index in [4.69, 9.17) is 0 Å². The quantitative estimate of drug-likeness (QED) is 0.540. The van der Waals surface area contributed by atoms with Crippen LogP contribution in [-0.4, -0.2) is 52.1 Å². The summed E-state index contributed by atoms with van der Waals surface area (Å²) in [6.07, 6.45) is -0.471. The molecule has 3 N–H and O–H groups in total. The number of nitrogens with zero attached hydrogens (tertiary/aromatic N) is 1. The Labute approximate surface area is 214 Å². The van der Waals surface area contributed by atoms with Crippen LogP contribution in [0.15, 0.2) is 35.7 Å². The summed E-state index contributed by atoms with van der Waals surface area (Å²) in [6, 6.07) is 8.95. The lowest BCUT2D eigenvalue weighted by atomic mass is 9.84. The molecule has 2 amide bonds. The molecule has 1 saturated heterocycles. The van der Waals surface area contributed by atoms with E-state index in [1.165, 1.54) is 10.4 Å². The van der Waals surface area contributed by atoms with Crippen LogP contribution in [0.25, 0.3) is 10.4 Å². The maximum absolute atomic E-state index is 13.6. The lowest BCUT2D eigenvalue weighted by Crippen LogP contribution is -2.60. The Bertz CT molecular complexity index is 1030. The van der Waals surface area contributed by atoms with Gasteiger partial charge < -0.3 is 20.6 Å². The smallest absolute Gasteiger partial charge is 0.243 e. The van der Waals surface area contributed by atoms with Gasteiger partial charge in [-0.15, -0.1) is 11.3 Å². The van der Waals surface area contributed by atoms with Crippen LogP contribution in [0.1, 0.15) is 72.1 Å². The molecular weight excluding hydrogens is 458 g/mol. The van der Waals surface area contributed by atoms with Crippen LogP contribution >= 0.6 is 11.3 Å². The molecule has 1 aliphatic rings. The summed E-state index contributed by atoms with van der Waals surface area (Å²) in [5, 5.41) is 19.0. The molecule has 7 heteroatoms. The first-order valence-corrected chi connectivity index (χ1v) is 13.3. The number of nitrogens with one attached hydrogen (secondary N) is 2. The highest BCUT2D eigenvalue weighted by molar-refractivity contribution is 7.13. The average molecular weight is 500 g/mol. The number of aliphatic hydroxyl groups is 1. The van der Waals surface area contributed by atoms with Gasteiger partial charge >= 0.3 is 0 Å². The molecule has 0 saturated carbocycles. The number of rotatable bonds is 6. The first-order valence-electron chi connectivity index (χ1n) is 12.4. The van der Waals surface area contributed by atoms with Gasteiger partial charge in [-0.05, 0) is 68.2 Å². The summed E-state index contributed by atoms with van der Waals surface area (Å²) in [4.78, 5) is 29.8. The number of amides is 2. The van der Waals surface area contributed by atoms with Crippen LogP contribution in [0, 0.1) is 12.3 Å². The summed E-state index contributed by atoms with van der Waals surface area (Å²) < 4.78 is 0. The third-order valence-electron chi connectivity index (χ3n) is 6.45. The van der Waals surface area contributed by atoms with Crippen molar-refractivity contribution in [1.82, 2.24) is 15.5 Å². The maximum atomic E-state index is 13.6. The summed E-state index contributed by atoms with van der Waals surface area (Å²) in [6.45, 7) is 16.3. The fourth-order valence-corrected chi connectivity index (χ4v) is 5.47. The number of aryl methyl sites for hydroxylation is 1. The maximum Gasteiger partial charge on any atom is 0.243 e. The SMILES string of the molecule is Cc1ccsc1-c1ccc([C@H](C)NC(=O)[C@@H]2C[C@@H](O)CN2C(=O)[C@@H](NC(C)(C)C)C(C)(C)C)cc1. The van der Waals surface area contributed by atoms with Crippen molar-refractivity contribution >= 4 is 23.2 Å². The fraction of sp³-hybridized carbons (Fsp3) is 0.571. The van der Waals surface area contributed by atoms with Gasteiger partial charge in [0.1, 0.15) is 6.04 Å². The predicted molar refractivity (Wildman–Crippen MR) is 143 cm³/mol. The monoisotopic (exact) mass is 499 g/mol. The molecule has 35 heavy (non-hydrogen) atoms. The number of hydrogen-bond acceptors (Lipinski definition) is 5. The van der Waals surface area contributed by atoms with Crippen LogP contribution < -0.4 is 10.6 Å².